The van der Waals surface area contributed by atoms with Crippen LogP contribution in [0.5, 0.6) is 5.75 Å². The van der Waals surface area contributed by atoms with Crippen LogP contribution in [-0.2, 0) is 19.6 Å². The van der Waals surface area contributed by atoms with Crippen LogP contribution >= 0.6 is 0 Å². The highest BCUT2D eigenvalue weighted by Crippen LogP contribution is 2.34. The second-order valence-corrected chi connectivity index (χ2v) is 8.40. The number of benzene rings is 2. The maximum atomic E-state index is 11.9. The lowest BCUT2D eigenvalue weighted by atomic mass is 9.97. The van der Waals surface area contributed by atoms with Crippen LogP contribution < -0.4 is 21.1 Å². The minimum absolute atomic E-state index is 0.108. The molecule has 4 rings (SSSR count). The van der Waals surface area contributed by atoms with Crippen LogP contribution in [0.15, 0.2) is 36.4 Å². The van der Waals surface area contributed by atoms with Gasteiger partial charge in [-0.25, -0.2) is 0 Å². The molecule has 0 saturated carbocycles. The molecular formula is C24H29N7O3. The van der Waals surface area contributed by atoms with Gasteiger partial charge < -0.3 is 26.2 Å². The molecule has 1 aliphatic rings. The number of anilines is 4. The Bertz CT molecular complexity index is 1200. The first-order valence-corrected chi connectivity index (χ1v) is 11.1. The minimum atomic E-state index is -0.768. The summed E-state index contributed by atoms with van der Waals surface area (Å²) in [6.45, 7) is 6.05. The fourth-order valence-corrected chi connectivity index (χ4v) is 3.98. The van der Waals surface area contributed by atoms with Crippen LogP contribution in [0.1, 0.15) is 41.0 Å². The molecule has 0 aliphatic carbocycles. The van der Waals surface area contributed by atoms with Crippen LogP contribution in [0.4, 0.5) is 23.1 Å². The number of para-hydroxylation sites is 1. The van der Waals surface area contributed by atoms with Gasteiger partial charge in [-0.1, -0.05) is 18.2 Å². The number of carbonyl (C=O) groups is 1. The fraction of sp³-hybridized carbons (Fsp3) is 0.333. The predicted molar refractivity (Wildman–Crippen MR) is 130 cm³/mol. The Morgan fingerprint density at radius 3 is 2.68 bits per heavy atom. The highest BCUT2D eigenvalue weighted by Gasteiger charge is 2.22. The molecule has 0 saturated heterocycles. The van der Waals surface area contributed by atoms with Crippen molar-refractivity contribution in [2.24, 2.45) is 5.73 Å². The normalized spacial score (nSPS) is 13.4. The van der Waals surface area contributed by atoms with E-state index in [1.54, 1.807) is 31.4 Å². The van der Waals surface area contributed by atoms with E-state index in [9.17, 15) is 9.90 Å². The summed E-state index contributed by atoms with van der Waals surface area (Å²) < 4.78 is 5.61. The van der Waals surface area contributed by atoms with Gasteiger partial charge in [-0.15, -0.1) is 10.2 Å². The van der Waals surface area contributed by atoms with Crippen molar-refractivity contribution in [3.05, 3.63) is 58.8 Å². The second kappa shape index (κ2) is 10.0. The number of hydrogen-bond donors (Lipinski definition) is 4. The molecule has 1 aromatic heterocycles. The number of hydrogen-bond acceptors (Lipinski definition) is 9. The summed E-state index contributed by atoms with van der Waals surface area (Å²) >= 11 is 0. The van der Waals surface area contributed by atoms with E-state index in [2.05, 4.69) is 44.6 Å². The lowest BCUT2D eigenvalue weighted by molar-refractivity contribution is 0.0995. The highest BCUT2D eigenvalue weighted by molar-refractivity contribution is 5.96. The van der Waals surface area contributed by atoms with Crippen LogP contribution in [0.25, 0.3) is 0 Å². The van der Waals surface area contributed by atoms with Gasteiger partial charge in [0, 0.05) is 30.4 Å². The van der Waals surface area contributed by atoms with Gasteiger partial charge in [0.15, 0.2) is 11.5 Å². The van der Waals surface area contributed by atoms with E-state index < -0.39 is 5.91 Å². The van der Waals surface area contributed by atoms with Crippen LogP contribution in [0, 0.1) is 0 Å². The molecule has 5 N–H and O–H groups in total. The van der Waals surface area contributed by atoms with Gasteiger partial charge in [0.2, 0.25) is 5.95 Å². The van der Waals surface area contributed by atoms with E-state index in [1.807, 2.05) is 12.1 Å². The van der Waals surface area contributed by atoms with Crippen molar-refractivity contribution in [3.63, 3.8) is 0 Å². The quantitative estimate of drug-likeness (QED) is 0.397. The first-order chi connectivity index (χ1) is 16.4. The summed E-state index contributed by atoms with van der Waals surface area (Å²) in [6.07, 6.45) is 0.952. The molecule has 34 heavy (non-hydrogen) atoms. The molecule has 2 heterocycles. The van der Waals surface area contributed by atoms with Gasteiger partial charge in [-0.2, -0.15) is 4.98 Å². The van der Waals surface area contributed by atoms with Crippen LogP contribution in [-0.4, -0.2) is 50.8 Å². The Morgan fingerprint density at radius 1 is 1.18 bits per heavy atom. The third-order valence-electron chi connectivity index (χ3n) is 5.90. The Hall–Kier alpha value is -3.76. The first-order valence-electron chi connectivity index (χ1n) is 11.1. The second-order valence-electron chi connectivity index (χ2n) is 8.40. The number of aliphatic hydroxyl groups is 1. The van der Waals surface area contributed by atoms with Crippen molar-refractivity contribution < 1.29 is 14.6 Å². The summed E-state index contributed by atoms with van der Waals surface area (Å²) in [5, 5.41) is 23.9. The van der Waals surface area contributed by atoms with Crippen molar-refractivity contribution >= 4 is 29.0 Å². The average molecular weight is 464 g/mol. The zero-order valence-corrected chi connectivity index (χ0v) is 19.5. The van der Waals surface area contributed by atoms with E-state index >= 15 is 0 Å². The van der Waals surface area contributed by atoms with Crippen molar-refractivity contribution in [2.45, 2.75) is 39.5 Å². The Morgan fingerprint density at radius 2 is 1.97 bits per heavy atom. The molecule has 1 amide bonds. The van der Waals surface area contributed by atoms with E-state index in [1.165, 1.54) is 11.1 Å². The third-order valence-corrected chi connectivity index (χ3v) is 5.90. The van der Waals surface area contributed by atoms with E-state index in [0.29, 0.717) is 28.7 Å². The zero-order chi connectivity index (χ0) is 24.2. The van der Waals surface area contributed by atoms with Gasteiger partial charge in [0.1, 0.15) is 5.75 Å². The van der Waals surface area contributed by atoms with Gasteiger partial charge in [-0.05, 0) is 49.6 Å². The van der Waals surface area contributed by atoms with Crippen LogP contribution in [0.2, 0.25) is 0 Å². The van der Waals surface area contributed by atoms with Gasteiger partial charge in [0.05, 0.1) is 19.4 Å². The number of aromatic nitrogens is 3. The molecule has 10 heteroatoms. The number of amides is 1. The number of nitrogens with one attached hydrogen (secondary N) is 2. The van der Waals surface area contributed by atoms with Gasteiger partial charge >= 0.3 is 0 Å². The van der Waals surface area contributed by atoms with Crippen LogP contribution in [0.3, 0.4) is 0 Å². The molecule has 0 spiro atoms. The molecular weight excluding hydrogens is 434 g/mol. The van der Waals surface area contributed by atoms with Crippen molar-refractivity contribution in [1.82, 2.24) is 20.1 Å². The maximum absolute atomic E-state index is 11.9. The summed E-state index contributed by atoms with van der Waals surface area (Å²) in [4.78, 5) is 18.8. The summed E-state index contributed by atoms with van der Waals surface area (Å²) in [6, 6.07) is 11.7. The van der Waals surface area contributed by atoms with E-state index in [4.69, 9.17) is 10.5 Å². The molecule has 0 radical (unpaired) electrons. The number of aliphatic hydroxyl groups excluding tert-OH is 1. The Labute approximate surface area is 198 Å². The molecule has 0 atom stereocenters. The van der Waals surface area contributed by atoms with Crippen molar-refractivity contribution in [2.75, 3.05) is 24.3 Å². The summed E-state index contributed by atoms with van der Waals surface area (Å²) in [5.74, 6) is 0.202. The zero-order valence-electron chi connectivity index (χ0n) is 19.5. The summed E-state index contributed by atoms with van der Waals surface area (Å²) in [7, 11) is 1.62. The van der Waals surface area contributed by atoms with E-state index in [-0.39, 0.29) is 24.1 Å². The number of nitrogens with two attached hydrogens (primary N) is 1. The smallest absolute Gasteiger partial charge is 0.273 e. The number of ether oxygens (including phenoxy) is 1. The number of methoxy groups -OCH3 is 1. The third kappa shape index (κ3) is 4.92. The standard InChI is InChI=1S/C24H29N7O3/c1-14(2)31-9-8-15-11-20(34-3)19(10-17(15)12-31)27-24-28-23(21(22(25)33)29-30-24)26-18-7-5-4-6-16(18)13-32/h4-7,10-11,14,32H,8-9,12-13H2,1-3H3,(H2,25,33)(H2,26,27,28,30). The van der Waals surface area contributed by atoms with Gasteiger partial charge in [0.25, 0.3) is 5.91 Å². The minimum Gasteiger partial charge on any atom is -0.495 e. The average Bonchev–Trinajstić information content (AvgIpc) is 2.83. The molecule has 0 fully saturated rings. The number of primary amides is 1. The predicted octanol–water partition coefficient (Wildman–Crippen LogP) is 2.73. The van der Waals surface area contributed by atoms with Gasteiger partial charge in [-0.3, -0.25) is 9.69 Å². The molecule has 0 unspecified atom stereocenters. The number of rotatable bonds is 8. The topological polar surface area (TPSA) is 139 Å². The number of nitrogens with zero attached hydrogens (tertiary/aromatic N) is 4. The van der Waals surface area contributed by atoms with Crippen molar-refractivity contribution in [3.8, 4) is 5.75 Å². The number of carbonyl (C=O) groups excluding carboxylic acids is 1. The Balaban J connectivity index is 1.67. The monoisotopic (exact) mass is 463 g/mol. The first kappa shape index (κ1) is 23.4. The molecule has 2 aromatic carbocycles. The lowest BCUT2D eigenvalue weighted by Crippen LogP contribution is -2.35. The maximum Gasteiger partial charge on any atom is 0.273 e. The summed E-state index contributed by atoms with van der Waals surface area (Å²) in [5.41, 5.74) is 9.76. The van der Waals surface area contributed by atoms with E-state index in [0.717, 1.165) is 19.5 Å². The largest absolute Gasteiger partial charge is 0.495 e. The number of fused-ring (bicyclic) bond motifs is 1. The molecule has 178 valence electrons. The highest BCUT2D eigenvalue weighted by atomic mass is 16.5. The Kier molecular flexibility index (Phi) is 6.90. The fourth-order valence-electron chi connectivity index (χ4n) is 3.98. The molecule has 3 aromatic rings. The molecule has 1 aliphatic heterocycles. The SMILES string of the molecule is COc1cc2c(cc1Nc1nnc(C(N)=O)c(Nc3ccccc3CO)n1)CN(C(C)C)CC2. The molecule has 0 bridgehead atoms. The van der Waals surface area contributed by atoms with Crippen molar-refractivity contribution in [1.29, 1.82) is 0 Å². The molecule has 10 nitrogen and oxygen atoms in total. The lowest BCUT2D eigenvalue weighted by Gasteiger charge is -2.32.